The van der Waals surface area contributed by atoms with Crippen molar-refractivity contribution in [1.82, 2.24) is 24.5 Å². The number of rotatable bonds is 5. The van der Waals surface area contributed by atoms with Crippen molar-refractivity contribution in [2.45, 2.75) is 6.54 Å². The van der Waals surface area contributed by atoms with Gasteiger partial charge in [0.25, 0.3) is 11.5 Å². The van der Waals surface area contributed by atoms with Gasteiger partial charge in [0, 0.05) is 6.20 Å². The molecule has 1 aromatic carbocycles. The molecule has 0 aliphatic rings. The topological polar surface area (TPSA) is 139 Å². The molecule has 0 spiro atoms. The molecule has 4 aromatic rings. The lowest BCUT2D eigenvalue weighted by molar-refractivity contribution is -0.135. The lowest BCUT2D eigenvalue weighted by Crippen LogP contribution is -2.37. The first-order valence-corrected chi connectivity index (χ1v) is 8.60. The molecule has 4 rings (SSSR count). The highest BCUT2D eigenvalue weighted by molar-refractivity contribution is 6.00. The molecule has 0 bridgehead atoms. The van der Waals surface area contributed by atoms with Crippen molar-refractivity contribution in [1.29, 1.82) is 0 Å². The first-order chi connectivity index (χ1) is 14.0. The van der Waals surface area contributed by atoms with Gasteiger partial charge in [-0.3, -0.25) is 19.4 Å². The summed E-state index contributed by atoms with van der Waals surface area (Å²) in [5.74, 6) is -2.90. The number of carboxylic acids is 1. The SMILES string of the molecule is O=C(O)CNC(=O)c1c(O)c2nc3ccccc3n2n(Cc2ccccn2)c1=O. The van der Waals surface area contributed by atoms with Crippen molar-refractivity contribution >= 4 is 28.6 Å². The zero-order valence-corrected chi connectivity index (χ0v) is 14.9. The van der Waals surface area contributed by atoms with Crippen molar-refractivity contribution in [2.75, 3.05) is 6.54 Å². The third-order valence-corrected chi connectivity index (χ3v) is 4.34. The number of pyridine rings is 1. The zero-order valence-electron chi connectivity index (χ0n) is 14.9. The van der Waals surface area contributed by atoms with Gasteiger partial charge in [0.05, 0.1) is 23.3 Å². The summed E-state index contributed by atoms with van der Waals surface area (Å²) in [7, 11) is 0. The Morgan fingerprint density at radius 3 is 2.59 bits per heavy atom. The maximum absolute atomic E-state index is 13.2. The lowest BCUT2D eigenvalue weighted by Gasteiger charge is -2.14. The molecule has 3 heterocycles. The van der Waals surface area contributed by atoms with E-state index >= 15 is 0 Å². The summed E-state index contributed by atoms with van der Waals surface area (Å²) in [5.41, 5.74) is 0.249. The van der Waals surface area contributed by atoms with Crippen LogP contribution in [0.15, 0.2) is 53.5 Å². The second-order valence-electron chi connectivity index (χ2n) is 6.22. The maximum atomic E-state index is 13.2. The molecule has 3 N–H and O–H groups in total. The number of aromatic nitrogens is 4. The Hall–Kier alpha value is -4.21. The summed E-state index contributed by atoms with van der Waals surface area (Å²) < 4.78 is 2.66. The van der Waals surface area contributed by atoms with Gasteiger partial charge in [0.1, 0.15) is 6.54 Å². The summed E-state index contributed by atoms with van der Waals surface area (Å²) in [6.45, 7) is -0.685. The van der Waals surface area contributed by atoms with Crippen LogP contribution in [0, 0.1) is 0 Å². The number of fused-ring (bicyclic) bond motifs is 3. The van der Waals surface area contributed by atoms with Gasteiger partial charge >= 0.3 is 5.97 Å². The van der Waals surface area contributed by atoms with Crippen LogP contribution >= 0.6 is 0 Å². The predicted molar refractivity (Wildman–Crippen MR) is 102 cm³/mol. The van der Waals surface area contributed by atoms with Crippen LogP contribution in [-0.2, 0) is 11.3 Å². The van der Waals surface area contributed by atoms with Crippen LogP contribution in [0.4, 0.5) is 0 Å². The van der Waals surface area contributed by atoms with Gasteiger partial charge in [-0.25, -0.2) is 14.2 Å². The quantitative estimate of drug-likeness (QED) is 0.451. The Bertz CT molecular complexity index is 1310. The minimum atomic E-state index is -1.28. The number of aromatic hydroxyl groups is 1. The maximum Gasteiger partial charge on any atom is 0.322 e. The number of imidazole rings is 1. The predicted octanol–water partition coefficient (Wildman–Crippen LogP) is 0.613. The first-order valence-electron chi connectivity index (χ1n) is 8.60. The summed E-state index contributed by atoms with van der Waals surface area (Å²) in [5, 5.41) is 21.5. The lowest BCUT2D eigenvalue weighted by atomic mass is 10.2. The summed E-state index contributed by atoms with van der Waals surface area (Å²) in [4.78, 5) is 44.9. The van der Waals surface area contributed by atoms with Gasteiger partial charge in [-0.2, -0.15) is 0 Å². The second-order valence-corrected chi connectivity index (χ2v) is 6.22. The smallest absolute Gasteiger partial charge is 0.322 e. The molecule has 29 heavy (non-hydrogen) atoms. The number of hydrogen-bond acceptors (Lipinski definition) is 6. The van der Waals surface area contributed by atoms with E-state index in [0.29, 0.717) is 16.7 Å². The number of benzene rings is 1. The Labute approximate surface area is 162 Å². The molecular formula is C19H15N5O5. The van der Waals surface area contributed by atoms with Crippen molar-refractivity contribution in [3.8, 4) is 5.75 Å². The van der Waals surface area contributed by atoms with E-state index in [4.69, 9.17) is 5.11 Å². The normalized spacial score (nSPS) is 11.0. The van der Waals surface area contributed by atoms with E-state index in [9.17, 15) is 19.5 Å². The molecule has 0 radical (unpaired) electrons. The van der Waals surface area contributed by atoms with Crippen LogP contribution in [0.25, 0.3) is 16.7 Å². The highest BCUT2D eigenvalue weighted by Crippen LogP contribution is 2.25. The third kappa shape index (κ3) is 3.16. The monoisotopic (exact) mass is 393 g/mol. The van der Waals surface area contributed by atoms with Gasteiger partial charge < -0.3 is 15.5 Å². The number of nitrogens with one attached hydrogen (secondary N) is 1. The Balaban J connectivity index is 2.00. The molecule has 0 saturated heterocycles. The Morgan fingerprint density at radius 1 is 1.10 bits per heavy atom. The number of para-hydroxylation sites is 2. The van der Waals surface area contributed by atoms with Gasteiger partial charge in [-0.05, 0) is 24.3 Å². The highest BCUT2D eigenvalue weighted by atomic mass is 16.4. The minimum absolute atomic E-state index is 0.00204. The number of aliphatic carboxylic acids is 1. The van der Waals surface area contributed by atoms with Crippen LogP contribution in [0.2, 0.25) is 0 Å². The molecule has 0 saturated carbocycles. The van der Waals surface area contributed by atoms with E-state index in [1.165, 1.54) is 9.20 Å². The van der Waals surface area contributed by atoms with E-state index in [0.717, 1.165) is 0 Å². The number of nitrogens with zero attached hydrogens (tertiary/aromatic N) is 4. The molecule has 0 aliphatic heterocycles. The average Bonchev–Trinajstić information content (AvgIpc) is 3.10. The highest BCUT2D eigenvalue weighted by Gasteiger charge is 2.25. The molecule has 0 fully saturated rings. The van der Waals surface area contributed by atoms with Crippen molar-refractivity contribution in [3.05, 3.63) is 70.3 Å². The van der Waals surface area contributed by atoms with Crippen LogP contribution in [0.1, 0.15) is 16.1 Å². The minimum Gasteiger partial charge on any atom is -0.504 e. The van der Waals surface area contributed by atoms with E-state index < -0.39 is 35.3 Å². The van der Waals surface area contributed by atoms with E-state index in [1.807, 2.05) is 0 Å². The second kappa shape index (κ2) is 7.08. The van der Waals surface area contributed by atoms with Crippen molar-refractivity contribution < 1.29 is 19.8 Å². The number of hydrogen-bond donors (Lipinski definition) is 3. The average molecular weight is 393 g/mol. The fourth-order valence-electron chi connectivity index (χ4n) is 3.08. The molecule has 0 aliphatic carbocycles. The summed E-state index contributed by atoms with van der Waals surface area (Å²) >= 11 is 0. The Kier molecular flexibility index (Phi) is 4.43. The largest absolute Gasteiger partial charge is 0.504 e. The summed E-state index contributed by atoms with van der Waals surface area (Å²) in [6, 6.07) is 12.2. The van der Waals surface area contributed by atoms with Gasteiger partial charge in [-0.15, -0.1) is 0 Å². The van der Waals surface area contributed by atoms with Crippen LogP contribution in [-0.4, -0.2) is 47.8 Å². The molecule has 10 nitrogen and oxygen atoms in total. The first kappa shape index (κ1) is 18.2. The van der Waals surface area contributed by atoms with Gasteiger partial charge in [0.15, 0.2) is 17.0 Å². The van der Waals surface area contributed by atoms with Crippen LogP contribution in [0.5, 0.6) is 5.75 Å². The van der Waals surface area contributed by atoms with Crippen molar-refractivity contribution in [2.24, 2.45) is 0 Å². The molecule has 3 aromatic heterocycles. The number of carboxylic acid groups (broad SMARTS) is 1. The summed E-state index contributed by atoms with van der Waals surface area (Å²) in [6.07, 6.45) is 1.57. The molecule has 0 unspecified atom stereocenters. The Morgan fingerprint density at radius 2 is 1.86 bits per heavy atom. The fraction of sp³-hybridized carbons (Fsp3) is 0.105. The van der Waals surface area contributed by atoms with E-state index in [-0.39, 0.29) is 12.2 Å². The third-order valence-electron chi connectivity index (χ3n) is 4.34. The number of carbonyl (C=O) groups is 2. The molecule has 10 heteroatoms. The standard InChI is InChI=1S/C19H15N5O5/c25-14(26)9-21-18(28)15-16(27)17-22-12-6-1-2-7-13(12)24(17)23(19(15)29)10-11-5-3-4-8-20-11/h1-8,27H,9-10H2,(H,21,28)(H,25,26). The molecular weight excluding hydrogens is 378 g/mol. The van der Waals surface area contributed by atoms with Crippen LogP contribution < -0.4 is 10.9 Å². The molecule has 146 valence electrons. The fourth-order valence-corrected chi connectivity index (χ4v) is 3.08. The molecule has 0 atom stereocenters. The number of amides is 1. The zero-order chi connectivity index (χ0) is 20.5. The van der Waals surface area contributed by atoms with Gasteiger partial charge in [-0.1, -0.05) is 18.2 Å². The van der Waals surface area contributed by atoms with E-state index in [1.54, 1.807) is 48.7 Å². The number of carbonyl (C=O) groups excluding carboxylic acids is 1. The molecule has 1 amide bonds. The van der Waals surface area contributed by atoms with E-state index in [2.05, 4.69) is 15.3 Å². The van der Waals surface area contributed by atoms with Crippen molar-refractivity contribution in [3.63, 3.8) is 0 Å². The van der Waals surface area contributed by atoms with Gasteiger partial charge in [0.2, 0.25) is 0 Å². The van der Waals surface area contributed by atoms with Crippen LogP contribution in [0.3, 0.4) is 0 Å².